The Morgan fingerprint density at radius 3 is 2.78 bits per heavy atom. The van der Waals surface area contributed by atoms with E-state index in [1.165, 1.54) is 0 Å². The number of halogens is 1. The van der Waals surface area contributed by atoms with Gasteiger partial charge >= 0.3 is 0 Å². The number of hydrazine groups is 1. The van der Waals surface area contributed by atoms with Crippen molar-refractivity contribution < 1.29 is 0 Å². The molecule has 23 heavy (non-hydrogen) atoms. The quantitative estimate of drug-likeness (QED) is 0.829. The minimum Gasteiger partial charge on any atom is -0.356 e. The molecular weight excluding hydrogens is 328 g/mol. The van der Waals surface area contributed by atoms with Gasteiger partial charge < -0.3 is 5.32 Å². The third kappa shape index (κ3) is 3.24. The predicted molar refractivity (Wildman–Crippen MR) is 96.0 cm³/mol. The summed E-state index contributed by atoms with van der Waals surface area (Å²) in [5.74, 6) is 0. The van der Waals surface area contributed by atoms with Gasteiger partial charge in [0.25, 0.3) is 0 Å². The van der Waals surface area contributed by atoms with Crippen molar-refractivity contribution in [2.75, 3.05) is 5.43 Å². The number of nitrogens with one attached hydrogen (secondary N) is 2. The maximum absolute atomic E-state index is 9.12. The molecule has 1 aliphatic rings. The van der Waals surface area contributed by atoms with E-state index in [0.717, 1.165) is 11.3 Å². The van der Waals surface area contributed by atoms with Crippen molar-refractivity contribution in [3.8, 4) is 6.07 Å². The number of hydrogen-bond acceptors (Lipinski definition) is 3. The van der Waals surface area contributed by atoms with Gasteiger partial charge in [-0.1, -0.05) is 29.8 Å². The Morgan fingerprint density at radius 1 is 1.26 bits per heavy atom. The van der Waals surface area contributed by atoms with Gasteiger partial charge in [0.05, 0.1) is 29.4 Å². The van der Waals surface area contributed by atoms with Crippen LogP contribution in [0, 0.1) is 11.3 Å². The van der Waals surface area contributed by atoms with Crippen LogP contribution in [0.25, 0.3) is 0 Å². The van der Waals surface area contributed by atoms with Crippen LogP contribution in [0.3, 0.4) is 0 Å². The van der Waals surface area contributed by atoms with Gasteiger partial charge in [-0.05, 0) is 55.0 Å². The molecule has 1 aliphatic heterocycles. The molecule has 2 N–H and O–H groups in total. The van der Waals surface area contributed by atoms with E-state index in [1.54, 1.807) is 6.07 Å². The van der Waals surface area contributed by atoms with Gasteiger partial charge in [0.15, 0.2) is 5.11 Å². The molecule has 2 unspecified atom stereocenters. The van der Waals surface area contributed by atoms with Crippen molar-refractivity contribution in [2.45, 2.75) is 19.0 Å². The third-order valence-electron chi connectivity index (χ3n) is 3.75. The molecule has 1 heterocycles. The Bertz CT molecular complexity index is 786. The lowest BCUT2D eigenvalue weighted by molar-refractivity contribution is 0.376. The van der Waals surface area contributed by atoms with Crippen LogP contribution in [-0.2, 0) is 0 Å². The van der Waals surface area contributed by atoms with Crippen LogP contribution >= 0.6 is 23.8 Å². The smallest absolute Gasteiger partial charge is 0.188 e. The molecule has 6 heteroatoms. The lowest BCUT2D eigenvalue weighted by Gasteiger charge is -2.28. The molecule has 2 atom stereocenters. The topological polar surface area (TPSA) is 51.1 Å². The molecule has 3 rings (SSSR count). The minimum absolute atomic E-state index is 0.0187. The molecule has 0 aromatic heterocycles. The summed E-state index contributed by atoms with van der Waals surface area (Å²) >= 11 is 11.5. The lowest BCUT2D eigenvalue weighted by Crippen LogP contribution is -2.35. The first-order chi connectivity index (χ1) is 11.1. The number of hydrogen-bond donors (Lipinski definition) is 2. The zero-order valence-electron chi connectivity index (χ0n) is 12.5. The van der Waals surface area contributed by atoms with Gasteiger partial charge in [0, 0.05) is 5.02 Å². The van der Waals surface area contributed by atoms with E-state index in [0.29, 0.717) is 15.7 Å². The van der Waals surface area contributed by atoms with Crippen LogP contribution in [0.1, 0.15) is 24.1 Å². The predicted octanol–water partition coefficient (Wildman–Crippen LogP) is 3.86. The molecule has 1 fully saturated rings. The molecular formula is C17H15ClN4S. The highest BCUT2D eigenvalue weighted by atomic mass is 35.5. The molecule has 116 valence electrons. The van der Waals surface area contributed by atoms with Crippen LogP contribution in [0.5, 0.6) is 0 Å². The first-order valence-corrected chi connectivity index (χ1v) is 7.99. The molecule has 2 aromatic rings. The number of benzene rings is 2. The fraction of sp³-hybridized carbons (Fsp3) is 0.176. The fourth-order valence-corrected chi connectivity index (χ4v) is 3.28. The van der Waals surface area contributed by atoms with E-state index in [9.17, 15) is 0 Å². The molecule has 0 spiro atoms. The van der Waals surface area contributed by atoms with Crippen molar-refractivity contribution in [1.82, 2.24) is 10.3 Å². The molecule has 2 aromatic carbocycles. The van der Waals surface area contributed by atoms with E-state index < -0.39 is 0 Å². The monoisotopic (exact) mass is 342 g/mol. The Hall–Kier alpha value is -2.29. The zero-order chi connectivity index (χ0) is 16.4. The van der Waals surface area contributed by atoms with Crippen LogP contribution < -0.4 is 10.7 Å². The molecule has 0 aliphatic carbocycles. The highest BCUT2D eigenvalue weighted by Crippen LogP contribution is 2.31. The molecule has 1 saturated heterocycles. The number of nitriles is 1. The summed E-state index contributed by atoms with van der Waals surface area (Å²) in [6.45, 7) is 2.07. The summed E-state index contributed by atoms with van der Waals surface area (Å²) in [7, 11) is 0. The van der Waals surface area contributed by atoms with Crippen molar-refractivity contribution in [2.24, 2.45) is 0 Å². The second kappa shape index (κ2) is 6.45. The van der Waals surface area contributed by atoms with Crippen molar-refractivity contribution in [1.29, 1.82) is 5.26 Å². The third-order valence-corrected chi connectivity index (χ3v) is 4.30. The first kappa shape index (κ1) is 15.6. The van der Waals surface area contributed by atoms with Gasteiger partial charge in [-0.25, -0.2) is 0 Å². The van der Waals surface area contributed by atoms with Gasteiger partial charge in [-0.2, -0.15) is 5.26 Å². The van der Waals surface area contributed by atoms with Crippen molar-refractivity contribution >= 4 is 34.6 Å². The summed E-state index contributed by atoms with van der Waals surface area (Å²) in [4.78, 5) is 0. The number of nitrogens with zero attached hydrogens (tertiary/aromatic N) is 2. The van der Waals surface area contributed by atoms with Crippen LogP contribution in [-0.4, -0.2) is 16.2 Å². The number of anilines is 1. The van der Waals surface area contributed by atoms with Gasteiger partial charge in [0.1, 0.15) is 0 Å². The average Bonchev–Trinajstić information content (AvgIpc) is 2.81. The number of rotatable bonds is 3. The Labute approximate surface area is 145 Å². The lowest BCUT2D eigenvalue weighted by atomic mass is 10.00. The second-order valence-corrected chi connectivity index (χ2v) is 6.24. The standard InChI is InChI=1S/C17H15ClN4S/c1-11-16(13-5-2-4-12(8-13)10-19)22(17(23)20-11)21-15-7-3-6-14(18)9-15/h2-9,11,16,21H,1H3,(H,20,23). The fourth-order valence-electron chi connectivity index (χ4n) is 2.74. The largest absolute Gasteiger partial charge is 0.356 e. The SMILES string of the molecule is CC1NC(=S)N(Nc2cccc(Cl)c2)C1c1cccc(C#N)c1. The average molecular weight is 343 g/mol. The summed E-state index contributed by atoms with van der Waals surface area (Å²) in [6, 6.07) is 17.3. The minimum atomic E-state index is -0.0187. The van der Waals surface area contributed by atoms with E-state index in [-0.39, 0.29) is 12.1 Å². The van der Waals surface area contributed by atoms with Crippen LogP contribution in [0.15, 0.2) is 48.5 Å². The highest BCUT2D eigenvalue weighted by Gasteiger charge is 2.35. The Balaban J connectivity index is 1.93. The summed E-state index contributed by atoms with van der Waals surface area (Å²) < 4.78 is 0. The van der Waals surface area contributed by atoms with Crippen LogP contribution in [0.4, 0.5) is 5.69 Å². The van der Waals surface area contributed by atoms with Crippen molar-refractivity contribution in [3.05, 3.63) is 64.7 Å². The number of thiocarbonyl (C=S) groups is 1. The van der Waals surface area contributed by atoms with Crippen LogP contribution in [0.2, 0.25) is 5.02 Å². The molecule has 0 radical (unpaired) electrons. The molecule has 4 nitrogen and oxygen atoms in total. The Kier molecular flexibility index (Phi) is 4.37. The first-order valence-electron chi connectivity index (χ1n) is 7.20. The van der Waals surface area contributed by atoms with E-state index in [2.05, 4.69) is 23.7 Å². The van der Waals surface area contributed by atoms with Gasteiger partial charge in [-0.3, -0.25) is 10.4 Å². The molecule has 0 saturated carbocycles. The van der Waals surface area contributed by atoms with Gasteiger partial charge in [0.2, 0.25) is 0 Å². The van der Waals surface area contributed by atoms with E-state index in [4.69, 9.17) is 29.1 Å². The molecule has 0 amide bonds. The van der Waals surface area contributed by atoms with E-state index >= 15 is 0 Å². The summed E-state index contributed by atoms with van der Waals surface area (Å²) in [5, 5.41) is 15.6. The maximum atomic E-state index is 9.12. The van der Waals surface area contributed by atoms with Crippen molar-refractivity contribution in [3.63, 3.8) is 0 Å². The normalized spacial score (nSPS) is 20.0. The Morgan fingerprint density at radius 2 is 2.04 bits per heavy atom. The summed E-state index contributed by atoms with van der Waals surface area (Å²) in [6.07, 6.45) is 0. The van der Waals surface area contributed by atoms with E-state index in [1.807, 2.05) is 47.5 Å². The zero-order valence-corrected chi connectivity index (χ0v) is 14.0. The summed E-state index contributed by atoms with van der Waals surface area (Å²) in [5.41, 5.74) is 5.83. The molecule has 0 bridgehead atoms. The maximum Gasteiger partial charge on any atom is 0.188 e. The van der Waals surface area contributed by atoms with Gasteiger partial charge in [-0.15, -0.1) is 0 Å². The second-order valence-electron chi connectivity index (χ2n) is 5.41. The highest BCUT2D eigenvalue weighted by molar-refractivity contribution is 7.80.